The summed E-state index contributed by atoms with van der Waals surface area (Å²) in [6.07, 6.45) is 21.6. The molecular formula is C47H35N3. The highest BCUT2D eigenvalue weighted by Gasteiger charge is 2.19. The van der Waals surface area contributed by atoms with Gasteiger partial charge < -0.3 is 10.1 Å². The summed E-state index contributed by atoms with van der Waals surface area (Å²) in [5.74, 6) is 0.185. The fourth-order valence-corrected chi connectivity index (χ4v) is 7.60. The Bertz CT molecular complexity index is 2670. The van der Waals surface area contributed by atoms with Crippen molar-refractivity contribution in [2.45, 2.75) is 12.3 Å². The summed E-state index contributed by atoms with van der Waals surface area (Å²) in [5.41, 5.74) is 19.1. The molecule has 0 amide bonds. The fourth-order valence-electron chi connectivity index (χ4n) is 7.60. The average Bonchev–Trinajstić information content (AvgIpc) is 3.60. The van der Waals surface area contributed by atoms with Crippen LogP contribution in [-0.2, 0) is 0 Å². The van der Waals surface area contributed by atoms with Crippen molar-refractivity contribution in [1.82, 2.24) is 9.38 Å². The van der Waals surface area contributed by atoms with Crippen molar-refractivity contribution >= 4 is 49.7 Å². The highest BCUT2D eigenvalue weighted by atomic mass is 14.9. The number of para-hydroxylation sites is 1. The molecule has 3 heterocycles. The first-order valence-electron chi connectivity index (χ1n) is 17.2. The summed E-state index contributed by atoms with van der Waals surface area (Å²) >= 11 is 0. The monoisotopic (exact) mass is 641 g/mol. The van der Waals surface area contributed by atoms with Crippen LogP contribution < -0.4 is 5.73 Å². The number of rotatable bonds is 7. The van der Waals surface area contributed by atoms with Gasteiger partial charge in [-0.25, -0.2) is 0 Å². The van der Waals surface area contributed by atoms with E-state index >= 15 is 0 Å². The van der Waals surface area contributed by atoms with E-state index < -0.39 is 0 Å². The minimum atomic E-state index is 0.185. The van der Waals surface area contributed by atoms with Crippen molar-refractivity contribution in [3.05, 3.63) is 193 Å². The van der Waals surface area contributed by atoms with Gasteiger partial charge in [0.1, 0.15) is 0 Å². The van der Waals surface area contributed by atoms with Gasteiger partial charge in [-0.05, 0) is 82.4 Å². The molecular weight excluding hydrogens is 607 g/mol. The predicted octanol–water partition coefficient (Wildman–Crippen LogP) is 11.7. The third-order valence-corrected chi connectivity index (χ3v) is 10.0. The van der Waals surface area contributed by atoms with Crippen molar-refractivity contribution in [1.29, 1.82) is 0 Å². The first-order valence-corrected chi connectivity index (χ1v) is 17.2. The Labute approximate surface area is 291 Å². The number of aromatic nitrogens is 2. The van der Waals surface area contributed by atoms with E-state index in [4.69, 9.17) is 5.73 Å². The summed E-state index contributed by atoms with van der Waals surface area (Å²) in [6.45, 7) is 0. The Hall–Kier alpha value is -6.45. The maximum atomic E-state index is 5.93. The maximum absolute atomic E-state index is 5.93. The molecule has 3 nitrogen and oxygen atoms in total. The van der Waals surface area contributed by atoms with Gasteiger partial charge >= 0.3 is 0 Å². The van der Waals surface area contributed by atoms with Gasteiger partial charge in [-0.15, -0.1) is 0 Å². The van der Waals surface area contributed by atoms with Crippen LogP contribution in [0.25, 0.3) is 72.1 Å². The fraction of sp³-hybridized carbons (Fsp3) is 0.0426. The minimum Gasteiger partial charge on any atom is -0.405 e. The second-order valence-electron chi connectivity index (χ2n) is 12.9. The Kier molecular flexibility index (Phi) is 7.44. The third kappa shape index (κ3) is 5.12. The molecule has 2 N–H and O–H groups in total. The van der Waals surface area contributed by atoms with Crippen LogP contribution in [0.3, 0.4) is 0 Å². The molecule has 1 aliphatic carbocycles. The summed E-state index contributed by atoms with van der Waals surface area (Å²) in [4.78, 5) is 4.68. The normalized spacial score (nSPS) is 14.6. The Morgan fingerprint density at radius 2 is 1.42 bits per heavy atom. The molecule has 0 spiro atoms. The molecule has 0 saturated heterocycles. The zero-order chi connectivity index (χ0) is 33.4. The maximum Gasteiger partial charge on any atom is 0.0702 e. The number of fused-ring (bicyclic) bond motifs is 7. The smallest absolute Gasteiger partial charge is 0.0702 e. The molecule has 50 heavy (non-hydrogen) atoms. The van der Waals surface area contributed by atoms with Gasteiger partial charge in [0.15, 0.2) is 0 Å². The van der Waals surface area contributed by atoms with Crippen LogP contribution in [-0.4, -0.2) is 9.38 Å². The van der Waals surface area contributed by atoms with Crippen molar-refractivity contribution in [3.63, 3.8) is 0 Å². The van der Waals surface area contributed by atoms with Crippen molar-refractivity contribution in [2.24, 2.45) is 5.73 Å². The van der Waals surface area contributed by atoms with Gasteiger partial charge in [-0.2, -0.15) is 0 Å². The summed E-state index contributed by atoms with van der Waals surface area (Å²) in [6, 6.07) is 43.8. The Balaban J connectivity index is 1.04. The lowest BCUT2D eigenvalue weighted by molar-refractivity contribution is 0.861. The molecule has 3 heteroatoms. The van der Waals surface area contributed by atoms with Crippen LogP contribution in [0.1, 0.15) is 29.0 Å². The van der Waals surface area contributed by atoms with Crippen LogP contribution in [0, 0.1) is 0 Å². The van der Waals surface area contributed by atoms with Crippen LogP contribution in [0.2, 0.25) is 0 Å². The number of hydrogen-bond donors (Lipinski definition) is 1. The topological polar surface area (TPSA) is 43.3 Å². The molecule has 0 aliphatic heterocycles. The first kappa shape index (κ1) is 29.7. The molecule has 238 valence electrons. The Morgan fingerprint density at radius 3 is 2.26 bits per heavy atom. The van der Waals surface area contributed by atoms with Gasteiger partial charge in [0.2, 0.25) is 0 Å². The minimum absolute atomic E-state index is 0.185. The third-order valence-electron chi connectivity index (χ3n) is 10.0. The van der Waals surface area contributed by atoms with E-state index in [1.54, 1.807) is 6.20 Å². The molecule has 9 rings (SSSR count). The standard InChI is InChI=1S/C47H35N3/c48-27-26-32(11-1-2-12-35-13-3-4-14-36-15-5-6-16-39(35)36)33-20-22-34(23-21-33)37-24-25-41-43-30-38(44-18-9-10-28-49-44)29-42-40-17-7-8-19-45(40)50(47(42)43)46(41)31-37/h1-10,12-32H,11,48H2/b2-1-,27-26+,35-12-. The van der Waals surface area contributed by atoms with Crippen LogP contribution in [0.15, 0.2) is 176 Å². The van der Waals surface area contributed by atoms with E-state index in [0.29, 0.717) is 0 Å². The average molecular weight is 642 g/mol. The Morgan fingerprint density at radius 1 is 0.660 bits per heavy atom. The molecule has 0 fully saturated rings. The molecule has 0 bridgehead atoms. The number of nitrogens with zero attached hydrogens (tertiary/aromatic N) is 2. The second kappa shape index (κ2) is 12.5. The SMILES string of the molecule is N/C=C/C(C/C=C\C=C1\C=CC=Cc2ccccc21)c1ccc(-c2ccc3c4cc(-c5ccccn5)cc5c6ccccc6n(c3c2)c54)cc1. The number of benzene rings is 5. The van der Waals surface area contributed by atoms with Crippen LogP contribution in [0.4, 0.5) is 0 Å². The molecule has 5 aromatic carbocycles. The summed E-state index contributed by atoms with van der Waals surface area (Å²) in [7, 11) is 0. The lowest BCUT2D eigenvalue weighted by Gasteiger charge is -2.12. The molecule has 8 aromatic rings. The largest absolute Gasteiger partial charge is 0.405 e. The van der Waals surface area contributed by atoms with Gasteiger partial charge in [0.05, 0.1) is 22.2 Å². The van der Waals surface area contributed by atoms with Crippen molar-refractivity contribution in [3.8, 4) is 22.4 Å². The predicted molar refractivity (Wildman–Crippen MR) is 212 cm³/mol. The van der Waals surface area contributed by atoms with E-state index in [0.717, 1.165) is 17.7 Å². The molecule has 1 atom stereocenters. The van der Waals surface area contributed by atoms with E-state index in [1.165, 1.54) is 71.5 Å². The van der Waals surface area contributed by atoms with E-state index in [9.17, 15) is 0 Å². The highest BCUT2D eigenvalue weighted by molar-refractivity contribution is 6.24. The number of hydrogen-bond acceptors (Lipinski definition) is 2. The van der Waals surface area contributed by atoms with Crippen molar-refractivity contribution < 1.29 is 0 Å². The number of pyridine rings is 1. The van der Waals surface area contributed by atoms with Crippen LogP contribution in [0.5, 0.6) is 0 Å². The van der Waals surface area contributed by atoms with Crippen LogP contribution >= 0.6 is 0 Å². The van der Waals surface area contributed by atoms with Crippen molar-refractivity contribution in [2.75, 3.05) is 0 Å². The molecule has 1 aliphatic rings. The van der Waals surface area contributed by atoms with Gasteiger partial charge in [-0.3, -0.25) is 4.98 Å². The summed E-state index contributed by atoms with van der Waals surface area (Å²) < 4.78 is 2.44. The van der Waals surface area contributed by atoms with E-state index in [2.05, 4.69) is 173 Å². The van der Waals surface area contributed by atoms with Gasteiger partial charge in [-0.1, -0.05) is 134 Å². The number of nitrogens with two attached hydrogens (primary N) is 1. The van der Waals surface area contributed by atoms with Gasteiger partial charge in [0.25, 0.3) is 0 Å². The second-order valence-corrected chi connectivity index (χ2v) is 12.9. The lowest BCUT2D eigenvalue weighted by Crippen LogP contribution is -1.95. The zero-order valence-electron chi connectivity index (χ0n) is 27.6. The summed E-state index contributed by atoms with van der Waals surface area (Å²) in [5, 5.41) is 5.03. The van der Waals surface area contributed by atoms with E-state index in [-0.39, 0.29) is 5.92 Å². The highest BCUT2D eigenvalue weighted by Crippen LogP contribution is 2.42. The van der Waals surface area contributed by atoms with Gasteiger partial charge in [0, 0.05) is 39.2 Å². The molecule has 1 unspecified atom stereocenters. The van der Waals surface area contributed by atoms with E-state index in [1.807, 2.05) is 12.3 Å². The zero-order valence-corrected chi connectivity index (χ0v) is 27.6. The number of allylic oxidation sites excluding steroid dienone is 8. The molecule has 0 saturated carbocycles. The first-order chi connectivity index (χ1) is 24.8. The molecule has 3 aromatic heterocycles. The quantitative estimate of drug-likeness (QED) is 0.188. The molecule has 0 radical (unpaired) electrons. The lowest BCUT2D eigenvalue weighted by atomic mass is 9.93.